The Morgan fingerprint density at radius 3 is 1.35 bits per heavy atom. The lowest BCUT2D eigenvalue weighted by Crippen LogP contribution is -2.02. The molecule has 54 heavy (non-hydrogen) atoms. The molecule has 0 saturated heterocycles. The highest BCUT2D eigenvalue weighted by atomic mass is 15.0. The molecule has 7 aromatic carbocycles. The fraction of sp³-hybridized carbons (Fsp3) is 0. The summed E-state index contributed by atoms with van der Waals surface area (Å²) in [7, 11) is 0. The van der Waals surface area contributed by atoms with Crippen molar-refractivity contribution in [3.05, 3.63) is 175 Å². The fourth-order valence-electron chi connectivity index (χ4n) is 7.70. The normalized spacial score (nSPS) is 11.3. The highest BCUT2D eigenvalue weighted by Gasteiger charge is 2.23. The smallest absolute Gasteiger partial charge is 0.164 e. The maximum Gasteiger partial charge on any atom is 0.164 e. The highest BCUT2D eigenvalue weighted by Crippen LogP contribution is 2.43. The molecule has 0 bridgehead atoms. The molecule has 0 aliphatic heterocycles. The second kappa shape index (κ2) is 12.4. The molecule has 0 radical (unpaired) electrons. The van der Waals surface area contributed by atoms with E-state index in [1.54, 1.807) is 0 Å². The van der Waals surface area contributed by atoms with Crippen molar-refractivity contribution in [3.63, 3.8) is 0 Å². The number of nitrogens with zero attached hydrogens (tertiary/aromatic N) is 7. The summed E-state index contributed by atoms with van der Waals surface area (Å²) in [6, 6.07) is 59.1. The number of hydrogen-bond donors (Lipinski definition) is 0. The van der Waals surface area contributed by atoms with E-state index in [1.807, 2.05) is 115 Å². The average Bonchev–Trinajstić information content (AvgIpc) is 3.76. The van der Waals surface area contributed by atoms with E-state index < -0.39 is 0 Å². The molecule has 250 valence electrons. The van der Waals surface area contributed by atoms with Crippen molar-refractivity contribution < 1.29 is 0 Å². The van der Waals surface area contributed by atoms with Gasteiger partial charge in [-0.25, -0.2) is 15.0 Å². The van der Waals surface area contributed by atoms with E-state index in [-0.39, 0.29) is 0 Å². The molecular weight excluding hydrogens is 663 g/mol. The van der Waals surface area contributed by atoms with Crippen LogP contribution in [0.5, 0.6) is 0 Å². The van der Waals surface area contributed by atoms with E-state index in [0.29, 0.717) is 28.6 Å². The predicted octanol–water partition coefficient (Wildman–Crippen LogP) is 10.8. The van der Waals surface area contributed by atoms with Crippen LogP contribution in [0.15, 0.2) is 164 Å². The predicted molar refractivity (Wildman–Crippen MR) is 214 cm³/mol. The third-order valence-electron chi connectivity index (χ3n) is 10.1. The molecule has 10 aromatic rings. The van der Waals surface area contributed by atoms with Crippen molar-refractivity contribution in [1.82, 2.24) is 24.1 Å². The van der Waals surface area contributed by atoms with Gasteiger partial charge in [0.25, 0.3) is 0 Å². The summed E-state index contributed by atoms with van der Waals surface area (Å²) in [5, 5.41) is 25.1. The molecule has 0 N–H and O–H groups in total. The van der Waals surface area contributed by atoms with Gasteiger partial charge in [0.2, 0.25) is 0 Å². The van der Waals surface area contributed by atoms with Crippen LogP contribution in [-0.4, -0.2) is 24.1 Å². The Bertz CT molecular complexity index is 3120. The van der Waals surface area contributed by atoms with Crippen LogP contribution in [0.3, 0.4) is 0 Å². The van der Waals surface area contributed by atoms with Crippen LogP contribution < -0.4 is 0 Å². The van der Waals surface area contributed by atoms with Gasteiger partial charge < -0.3 is 9.13 Å². The lowest BCUT2D eigenvalue weighted by molar-refractivity contribution is 1.07. The van der Waals surface area contributed by atoms with E-state index in [1.165, 1.54) is 0 Å². The Morgan fingerprint density at radius 2 is 0.815 bits per heavy atom. The molecule has 0 saturated carbocycles. The first-order valence-electron chi connectivity index (χ1n) is 17.6. The molecule has 0 fully saturated rings. The molecule has 0 spiro atoms. The minimum absolute atomic E-state index is 0.486. The van der Waals surface area contributed by atoms with Crippen molar-refractivity contribution in [1.29, 1.82) is 10.5 Å². The molecule has 7 nitrogen and oxygen atoms in total. The maximum absolute atomic E-state index is 10.7. The van der Waals surface area contributed by atoms with Gasteiger partial charge in [-0.2, -0.15) is 10.5 Å². The Labute approximate surface area is 309 Å². The number of nitriles is 2. The number of fused-ring (bicyclic) bond motifs is 7. The van der Waals surface area contributed by atoms with Gasteiger partial charge in [-0.15, -0.1) is 0 Å². The zero-order valence-corrected chi connectivity index (χ0v) is 28.7. The van der Waals surface area contributed by atoms with Gasteiger partial charge in [-0.1, -0.05) is 109 Å². The molecule has 3 aromatic heterocycles. The summed E-state index contributed by atoms with van der Waals surface area (Å²) in [5.74, 6) is 1.61. The van der Waals surface area contributed by atoms with Gasteiger partial charge in [0.1, 0.15) is 12.1 Å². The summed E-state index contributed by atoms with van der Waals surface area (Å²) in [4.78, 5) is 14.7. The number of aromatic nitrogens is 5. The summed E-state index contributed by atoms with van der Waals surface area (Å²) in [5.41, 5.74) is 9.14. The SMILES string of the molecule is N#Cc1ccccc1-n1c2ccccc2c2c3c4ccccc4n(-c4ccc(-c5nc(-c6ccccc6)nc(-c6ccccc6)n5)cc4C#N)c3ccc21. The first-order chi connectivity index (χ1) is 26.7. The van der Waals surface area contributed by atoms with Crippen molar-refractivity contribution in [2.45, 2.75) is 0 Å². The first kappa shape index (κ1) is 30.9. The van der Waals surface area contributed by atoms with Crippen LogP contribution in [0, 0.1) is 22.7 Å². The monoisotopic (exact) mass is 689 g/mol. The van der Waals surface area contributed by atoms with E-state index in [0.717, 1.165) is 71.7 Å². The molecule has 0 unspecified atom stereocenters. The third-order valence-corrected chi connectivity index (χ3v) is 10.1. The molecule has 7 heteroatoms. The average molecular weight is 690 g/mol. The molecule has 0 atom stereocenters. The van der Waals surface area contributed by atoms with E-state index in [9.17, 15) is 10.5 Å². The maximum atomic E-state index is 10.7. The number of rotatable bonds is 5. The first-order valence-corrected chi connectivity index (χ1v) is 17.6. The second-order valence-corrected chi connectivity index (χ2v) is 13.1. The molecule has 3 heterocycles. The van der Waals surface area contributed by atoms with Crippen molar-refractivity contribution in [2.24, 2.45) is 0 Å². The lowest BCUT2D eigenvalue weighted by Gasteiger charge is -2.13. The van der Waals surface area contributed by atoms with E-state index in [4.69, 9.17) is 15.0 Å². The summed E-state index contributed by atoms with van der Waals surface area (Å²) in [6.45, 7) is 0. The van der Waals surface area contributed by atoms with E-state index in [2.05, 4.69) is 69.8 Å². The molecule has 10 rings (SSSR count). The molecular formula is C47H27N7. The molecule has 0 aliphatic rings. The van der Waals surface area contributed by atoms with Gasteiger partial charge in [-0.3, -0.25) is 0 Å². The van der Waals surface area contributed by atoms with E-state index >= 15 is 0 Å². The Kier molecular flexibility index (Phi) is 7.11. The van der Waals surface area contributed by atoms with Crippen molar-refractivity contribution in [2.75, 3.05) is 0 Å². The third kappa shape index (κ3) is 4.77. The number of para-hydroxylation sites is 3. The Morgan fingerprint density at radius 1 is 0.370 bits per heavy atom. The minimum atomic E-state index is 0.486. The summed E-state index contributed by atoms with van der Waals surface area (Å²) < 4.78 is 4.37. The van der Waals surface area contributed by atoms with Gasteiger partial charge in [0.15, 0.2) is 17.5 Å². The number of benzene rings is 7. The van der Waals surface area contributed by atoms with Gasteiger partial charge in [0, 0.05) is 38.2 Å². The largest absolute Gasteiger partial charge is 0.308 e. The van der Waals surface area contributed by atoms with Crippen LogP contribution in [0.1, 0.15) is 11.1 Å². The Balaban J connectivity index is 1.21. The van der Waals surface area contributed by atoms with Gasteiger partial charge in [-0.05, 0) is 54.6 Å². The topological polar surface area (TPSA) is 96.1 Å². The summed E-state index contributed by atoms with van der Waals surface area (Å²) >= 11 is 0. The zero-order valence-electron chi connectivity index (χ0n) is 28.7. The standard InChI is InChI=1S/C47H27N7/c48-28-33-17-7-10-20-37(33)53-39-21-11-8-18-35(39)43-41(53)25-26-42-44(43)36-19-9-12-22-40(36)54(42)38-24-23-32(27-34(38)29-49)47-51-45(30-13-3-1-4-14-30)50-46(52-47)31-15-5-2-6-16-31/h1-27H. The zero-order chi connectivity index (χ0) is 36.2. The van der Waals surface area contributed by atoms with Gasteiger partial charge in [0.05, 0.1) is 44.6 Å². The second-order valence-electron chi connectivity index (χ2n) is 13.1. The lowest BCUT2D eigenvalue weighted by atomic mass is 10.1. The fourth-order valence-corrected chi connectivity index (χ4v) is 7.70. The van der Waals surface area contributed by atoms with Crippen LogP contribution in [-0.2, 0) is 0 Å². The van der Waals surface area contributed by atoms with Gasteiger partial charge >= 0.3 is 0 Å². The minimum Gasteiger partial charge on any atom is -0.308 e. The van der Waals surface area contributed by atoms with Crippen LogP contribution in [0.25, 0.3) is 89.2 Å². The van der Waals surface area contributed by atoms with Crippen LogP contribution >= 0.6 is 0 Å². The highest BCUT2D eigenvalue weighted by molar-refractivity contribution is 6.29. The number of hydrogen-bond acceptors (Lipinski definition) is 5. The van der Waals surface area contributed by atoms with Crippen LogP contribution in [0.4, 0.5) is 0 Å². The molecule has 0 aliphatic carbocycles. The van der Waals surface area contributed by atoms with Crippen molar-refractivity contribution in [3.8, 4) is 57.7 Å². The molecule has 0 amide bonds. The van der Waals surface area contributed by atoms with Crippen LogP contribution in [0.2, 0.25) is 0 Å². The van der Waals surface area contributed by atoms with Crippen molar-refractivity contribution >= 4 is 43.6 Å². The summed E-state index contributed by atoms with van der Waals surface area (Å²) in [6.07, 6.45) is 0. The quantitative estimate of drug-likeness (QED) is 0.179. The Hall–Kier alpha value is -7.87.